The number of halogens is 3. The average molecular weight is 459 g/mol. The van der Waals surface area contributed by atoms with Crippen molar-refractivity contribution in [2.45, 2.75) is 32.7 Å². The topological polar surface area (TPSA) is 35.9 Å². The van der Waals surface area contributed by atoms with Gasteiger partial charge in [0.1, 0.15) is 11.5 Å². The van der Waals surface area contributed by atoms with Crippen LogP contribution in [0.15, 0.2) is 78.9 Å². The number of rotatable bonds is 10. The van der Waals surface area contributed by atoms with E-state index in [2.05, 4.69) is 18.7 Å². The minimum absolute atomic E-state index is 0.209. The largest absolute Gasteiger partial charge is 0.457 e. The van der Waals surface area contributed by atoms with E-state index in [0.717, 1.165) is 24.3 Å². The Morgan fingerprint density at radius 2 is 1.42 bits per heavy atom. The summed E-state index contributed by atoms with van der Waals surface area (Å²) in [7, 11) is 0. The van der Waals surface area contributed by atoms with Crippen molar-refractivity contribution in [3.8, 4) is 11.5 Å². The standard InChI is InChI=1S/C26H29F3N2O2/c1-3-30(4-2)21-15-13-20(14-16-21)18-31(19-25(32)26(27,28)29)22-9-8-12-24(17-22)33-23-10-6-5-7-11-23/h5-17,25,32H,3-4,18-19H2,1-2H3. The van der Waals surface area contributed by atoms with Crippen LogP contribution in [0, 0.1) is 0 Å². The molecule has 0 bridgehead atoms. The molecule has 0 saturated heterocycles. The van der Waals surface area contributed by atoms with Gasteiger partial charge in [-0.2, -0.15) is 13.2 Å². The molecule has 0 heterocycles. The van der Waals surface area contributed by atoms with Crippen LogP contribution in [0.2, 0.25) is 0 Å². The van der Waals surface area contributed by atoms with Crippen LogP contribution in [-0.2, 0) is 6.54 Å². The van der Waals surface area contributed by atoms with E-state index in [-0.39, 0.29) is 6.54 Å². The van der Waals surface area contributed by atoms with E-state index in [9.17, 15) is 18.3 Å². The molecule has 0 aliphatic rings. The van der Waals surface area contributed by atoms with Crippen molar-refractivity contribution in [1.29, 1.82) is 0 Å². The van der Waals surface area contributed by atoms with Crippen LogP contribution in [0.3, 0.4) is 0 Å². The van der Waals surface area contributed by atoms with Crippen molar-refractivity contribution in [3.05, 3.63) is 84.4 Å². The Hall–Kier alpha value is -3.19. The van der Waals surface area contributed by atoms with Gasteiger partial charge in [0.2, 0.25) is 0 Å². The summed E-state index contributed by atoms with van der Waals surface area (Å²) in [4.78, 5) is 3.71. The first-order chi connectivity index (χ1) is 15.8. The molecule has 0 saturated carbocycles. The number of alkyl halides is 3. The molecule has 0 aliphatic heterocycles. The van der Waals surface area contributed by atoms with E-state index >= 15 is 0 Å². The first kappa shape index (κ1) is 24.5. The van der Waals surface area contributed by atoms with Crippen LogP contribution < -0.4 is 14.5 Å². The molecule has 3 aromatic rings. The number of benzene rings is 3. The maximum Gasteiger partial charge on any atom is 0.416 e. The first-order valence-electron chi connectivity index (χ1n) is 11.0. The van der Waals surface area contributed by atoms with E-state index < -0.39 is 18.8 Å². The van der Waals surface area contributed by atoms with Crippen LogP contribution in [0.5, 0.6) is 11.5 Å². The molecule has 4 nitrogen and oxygen atoms in total. The number of para-hydroxylation sites is 1. The van der Waals surface area contributed by atoms with Crippen molar-refractivity contribution in [1.82, 2.24) is 0 Å². The Labute approximate surface area is 192 Å². The van der Waals surface area contributed by atoms with Gasteiger partial charge in [0, 0.05) is 37.1 Å². The van der Waals surface area contributed by atoms with Gasteiger partial charge in [-0.3, -0.25) is 0 Å². The number of nitrogens with zero attached hydrogens (tertiary/aromatic N) is 2. The summed E-state index contributed by atoms with van der Waals surface area (Å²) in [5.41, 5.74) is 2.43. The Bertz CT molecular complexity index is 990. The van der Waals surface area contributed by atoms with Crippen LogP contribution >= 0.6 is 0 Å². The maximum atomic E-state index is 13.1. The minimum atomic E-state index is -4.71. The number of aliphatic hydroxyl groups is 1. The number of hydrogen-bond acceptors (Lipinski definition) is 4. The highest BCUT2D eigenvalue weighted by molar-refractivity contribution is 5.53. The summed E-state index contributed by atoms with van der Waals surface area (Å²) in [6.07, 6.45) is -7.17. The quantitative estimate of drug-likeness (QED) is 0.389. The van der Waals surface area contributed by atoms with E-state index in [1.807, 2.05) is 42.5 Å². The third-order valence-corrected chi connectivity index (χ3v) is 5.37. The molecular weight excluding hydrogens is 429 g/mol. The fourth-order valence-corrected chi connectivity index (χ4v) is 3.56. The Morgan fingerprint density at radius 3 is 2.03 bits per heavy atom. The lowest BCUT2D eigenvalue weighted by Crippen LogP contribution is -2.40. The highest BCUT2D eigenvalue weighted by atomic mass is 19.4. The molecule has 0 amide bonds. The summed E-state index contributed by atoms with van der Waals surface area (Å²) < 4.78 is 45.3. The zero-order valence-electron chi connectivity index (χ0n) is 18.8. The van der Waals surface area contributed by atoms with E-state index in [4.69, 9.17) is 4.74 Å². The van der Waals surface area contributed by atoms with E-state index in [0.29, 0.717) is 17.2 Å². The fraction of sp³-hybridized carbons (Fsp3) is 0.308. The van der Waals surface area contributed by atoms with Gasteiger partial charge < -0.3 is 19.6 Å². The lowest BCUT2D eigenvalue weighted by molar-refractivity contribution is -0.200. The normalized spacial score (nSPS) is 12.3. The second-order valence-electron chi connectivity index (χ2n) is 7.69. The molecule has 176 valence electrons. The van der Waals surface area contributed by atoms with Crippen molar-refractivity contribution in [2.24, 2.45) is 0 Å². The molecule has 3 rings (SSSR count). The summed E-state index contributed by atoms with van der Waals surface area (Å²) in [6, 6.07) is 23.8. The smallest absolute Gasteiger partial charge is 0.416 e. The third kappa shape index (κ3) is 6.89. The number of aliphatic hydroxyl groups excluding tert-OH is 1. The molecule has 0 aliphatic carbocycles. The molecule has 0 fully saturated rings. The molecular formula is C26H29F3N2O2. The second-order valence-corrected chi connectivity index (χ2v) is 7.69. The zero-order valence-corrected chi connectivity index (χ0v) is 18.8. The van der Waals surface area contributed by atoms with Gasteiger partial charge in [-0.05, 0) is 55.8 Å². The molecule has 3 aromatic carbocycles. The summed E-state index contributed by atoms with van der Waals surface area (Å²) >= 11 is 0. The number of ether oxygens (including phenoxy) is 1. The zero-order chi connectivity index (χ0) is 23.8. The van der Waals surface area contributed by atoms with Crippen LogP contribution in [0.4, 0.5) is 24.5 Å². The van der Waals surface area contributed by atoms with Gasteiger partial charge in [-0.15, -0.1) is 0 Å². The highest BCUT2D eigenvalue weighted by Gasteiger charge is 2.39. The van der Waals surface area contributed by atoms with Gasteiger partial charge >= 0.3 is 6.18 Å². The molecule has 7 heteroatoms. The average Bonchev–Trinajstić information content (AvgIpc) is 2.80. The SMILES string of the molecule is CCN(CC)c1ccc(CN(CC(O)C(F)(F)F)c2cccc(Oc3ccccc3)c2)cc1. The van der Waals surface area contributed by atoms with Crippen LogP contribution in [0.1, 0.15) is 19.4 Å². The predicted molar refractivity (Wildman–Crippen MR) is 126 cm³/mol. The molecule has 0 aromatic heterocycles. The lowest BCUT2D eigenvalue weighted by Gasteiger charge is -2.29. The van der Waals surface area contributed by atoms with Gasteiger partial charge in [-0.25, -0.2) is 0 Å². The van der Waals surface area contributed by atoms with Crippen molar-refractivity contribution >= 4 is 11.4 Å². The maximum absolute atomic E-state index is 13.1. The first-order valence-corrected chi connectivity index (χ1v) is 11.0. The highest BCUT2D eigenvalue weighted by Crippen LogP contribution is 2.29. The molecule has 0 radical (unpaired) electrons. The molecule has 33 heavy (non-hydrogen) atoms. The van der Waals surface area contributed by atoms with Crippen LogP contribution in [0.25, 0.3) is 0 Å². The van der Waals surface area contributed by atoms with Crippen molar-refractivity contribution < 1.29 is 23.0 Å². The summed E-state index contributed by atoms with van der Waals surface area (Å²) in [6.45, 7) is 5.50. The molecule has 1 unspecified atom stereocenters. The molecule has 1 N–H and O–H groups in total. The van der Waals surface area contributed by atoms with E-state index in [1.54, 1.807) is 36.4 Å². The van der Waals surface area contributed by atoms with Crippen molar-refractivity contribution in [2.75, 3.05) is 29.4 Å². The molecule has 0 spiro atoms. The number of hydrogen-bond donors (Lipinski definition) is 1. The van der Waals surface area contributed by atoms with Crippen LogP contribution in [-0.4, -0.2) is 37.0 Å². The Kier molecular flexibility index (Phi) is 8.22. The molecule has 1 atom stereocenters. The Balaban J connectivity index is 1.84. The van der Waals surface area contributed by atoms with Gasteiger partial charge in [0.05, 0.1) is 6.54 Å². The summed E-state index contributed by atoms with van der Waals surface area (Å²) in [5.74, 6) is 1.13. The fourth-order valence-electron chi connectivity index (χ4n) is 3.56. The number of anilines is 2. The third-order valence-electron chi connectivity index (χ3n) is 5.37. The monoisotopic (exact) mass is 458 g/mol. The lowest BCUT2D eigenvalue weighted by atomic mass is 10.1. The predicted octanol–water partition coefficient (Wildman–Crippen LogP) is 6.25. The minimum Gasteiger partial charge on any atom is -0.457 e. The van der Waals surface area contributed by atoms with Gasteiger partial charge in [0.15, 0.2) is 6.10 Å². The second kappa shape index (κ2) is 11.1. The van der Waals surface area contributed by atoms with Crippen molar-refractivity contribution in [3.63, 3.8) is 0 Å². The Morgan fingerprint density at radius 1 is 0.788 bits per heavy atom. The van der Waals surface area contributed by atoms with E-state index in [1.165, 1.54) is 4.90 Å². The van der Waals surface area contributed by atoms with Gasteiger partial charge in [-0.1, -0.05) is 36.4 Å². The van der Waals surface area contributed by atoms with Gasteiger partial charge in [0.25, 0.3) is 0 Å². The summed E-state index contributed by atoms with van der Waals surface area (Å²) in [5, 5.41) is 9.78.